The Balaban J connectivity index is 1.89. The van der Waals surface area contributed by atoms with Gasteiger partial charge in [-0.25, -0.2) is 4.39 Å². The summed E-state index contributed by atoms with van der Waals surface area (Å²) in [6.45, 7) is 0. The summed E-state index contributed by atoms with van der Waals surface area (Å²) < 4.78 is 23.8. The van der Waals surface area contributed by atoms with Crippen LogP contribution in [0, 0.1) is 5.82 Å². The Hall–Kier alpha value is -3.13. The Morgan fingerprint density at radius 3 is 2.35 bits per heavy atom. The van der Waals surface area contributed by atoms with Crippen molar-refractivity contribution < 1.29 is 18.7 Å². The minimum atomic E-state index is -0.449. The van der Waals surface area contributed by atoms with Crippen molar-refractivity contribution in [2.45, 2.75) is 0 Å². The van der Waals surface area contributed by atoms with E-state index in [-0.39, 0.29) is 10.8 Å². The third kappa shape index (κ3) is 5.75. The lowest BCUT2D eigenvalue weighted by Gasteiger charge is -2.11. The number of nitrogens with one attached hydrogen (secondary N) is 3. The van der Waals surface area contributed by atoms with Gasteiger partial charge in [-0.15, -0.1) is 0 Å². The number of thiocarbonyl (C=S) groups is 1. The average Bonchev–Trinajstić information content (AvgIpc) is 2.66. The molecule has 0 heterocycles. The number of ether oxygens (including phenoxy) is 2. The lowest BCUT2D eigenvalue weighted by atomic mass is 10.2. The molecule has 26 heavy (non-hydrogen) atoms. The number of para-hydroxylation sites is 1. The molecule has 0 unspecified atom stereocenters. The highest BCUT2D eigenvalue weighted by Gasteiger charge is 2.04. The van der Waals surface area contributed by atoms with E-state index < -0.39 is 11.7 Å². The van der Waals surface area contributed by atoms with Crippen LogP contribution in [0.15, 0.2) is 48.5 Å². The quantitative estimate of drug-likeness (QED) is 0.424. The van der Waals surface area contributed by atoms with E-state index in [9.17, 15) is 9.18 Å². The first-order valence-corrected chi connectivity index (χ1v) is 7.95. The van der Waals surface area contributed by atoms with Crippen LogP contribution in [0.5, 0.6) is 11.5 Å². The first-order valence-electron chi connectivity index (χ1n) is 7.54. The van der Waals surface area contributed by atoms with Crippen LogP contribution < -0.4 is 25.6 Å². The van der Waals surface area contributed by atoms with E-state index in [0.29, 0.717) is 11.5 Å². The van der Waals surface area contributed by atoms with Crippen molar-refractivity contribution in [3.05, 3.63) is 59.9 Å². The van der Waals surface area contributed by atoms with Gasteiger partial charge < -0.3 is 14.8 Å². The number of hydrogen-bond acceptors (Lipinski definition) is 4. The second kappa shape index (κ2) is 9.38. The lowest BCUT2D eigenvalue weighted by Crippen LogP contribution is -2.43. The highest BCUT2D eigenvalue weighted by Crippen LogP contribution is 2.23. The molecule has 1 amide bonds. The molecule has 8 heteroatoms. The van der Waals surface area contributed by atoms with E-state index in [4.69, 9.17) is 21.7 Å². The van der Waals surface area contributed by atoms with E-state index >= 15 is 0 Å². The number of anilines is 1. The smallest absolute Gasteiger partial charge is 0.262 e. The van der Waals surface area contributed by atoms with Crippen LogP contribution in [0.1, 0.15) is 5.56 Å². The summed E-state index contributed by atoms with van der Waals surface area (Å²) in [4.78, 5) is 11.9. The largest absolute Gasteiger partial charge is 0.497 e. The normalized spacial score (nSPS) is 10.3. The molecule has 3 N–H and O–H groups in total. The molecule has 2 aromatic carbocycles. The van der Waals surface area contributed by atoms with Crippen LogP contribution in [-0.2, 0) is 4.79 Å². The van der Waals surface area contributed by atoms with Crippen LogP contribution in [0.2, 0.25) is 0 Å². The molecular weight excluding hydrogens is 357 g/mol. The van der Waals surface area contributed by atoms with Crippen molar-refractivity contribution >= 4 is 35.0 Å². The van der Waals surface area contributed by atoms with Crippen molar-refractivity contribution in [2.75, 3.05) is 19.5 Å². The maximum Gasteiger partial charge on any atom is 0.262 e. The van der Waals surface area contributed by atoms with Crippen LogP contribution in [-0.4, -0.2) is 25.2 Å². The Morgan fingerprint density at radius 2 is 1.73 bits per heavy atom. The van der Waals surface area contributed by atoms with Crippen LogP contribution in [0.4, 0.5) is 10.1 Å². The first kappa shape index (κ1) is 19.2. The summed E-state index contributed by atoms with van der Waals surface area (Å²) in [5, 5.41) is 2.70. The maximum absolute atomic E-state index is 13.5. The van der Waals surface area contributed by atoms with Gasteiger partial charge in [0.2, 0.25) is 0 Å². The van der Waals surface area contributed by atoms with Crippen molar-refractivity contribution in [3.63, 3.8) is 0 Å². The zero-order chi connectivity index (χ0) is 18.9. The molecule has 2 rings (SSSR count). The SMILES string of the molecule is COc1cc(/C=C/C(=O)NNC(=S)Nc2ccccc2F)cc(OC)c1. The molecule has 136 valence electrons. The van der Waals surface area contributed by atoms with Gasteiger partial charge in [0.1, 0.15) is 17.3 Å². The fraction of sp³-hybridized carbons (Fsp3) is 0.111. The number of rotatable bonds is 5. The second-order valence-electron chi connectivity index (χ2n) is 5.03. The topological polar surface area (TPSA) is 71.6 Å². The van der Waals surface area contributed by atoms with Gasteiger partial charge in [-0.05, 0) is 48.1 Å². The van der Waals surface area contributed by atoms with Crippen molar-refractivity contribution in [3.8, 4) is 11.5 Å². The lowest BCUT2D eigenvalue weighted by molar-refractivity contribution is -0.116. The number of benzene rings is 2. The number of hydrogen-bond donors (Lipinski definition) is 3. The first-order chi connectivity index (χ1) is 12.5. The Kier molecular flexibility index (Phi) is 6.92. The van der Waals surface area contributed by atoms with Gasteiger partial charge in [0.05, 0.1) is 19.9 Å². The molecule has 2 aromatic rings. The monoisotopic (exact) mass is 375 g/mol. The van der Waals surface area contributed by atoms with Gasteiger partial charge in [0.15, 0.2) is 5.11 Å². The summed E-state index contributed by atoms with van der Waals surface area (Å²) >= 11 is 5.00. The molecule has 0 fully saturated rings. The van der Waals surface area contributed by atoms with E-state index in [0.717, 1.165) is 5.56 Å². The molecule has 0 aliphatic carbocycles. The van der Waals surface area contributed by atoms with Crippen LogP contribution in [0.3, 0.4) is 0 Å². The van der Waals surface area contributed by atoms with E-state index in [1.165, 1.54) is 18.2 Å². The van der Waals surface area contributed by atoms with Gasteiger partial charge in [-0.3, -0.25) is 15.6 Å². The molecule has 0 radical (unpaired) electrons. The average molecular weight is 375 g/mol. The number of carbonyl (C=O) groups is 1. The van der Waals surface area contributed by atoms with E-state index in [2.05, 4.69) is 16.2 Å². The van der Waals surface area contributed by atoms with E-state index in [1.54, 1.807) is 50.6 Å². The number of hydrazine groups is 1. The molecule has 0 aliphatic heterocycles. The highest BCUT2D eigenvalue weighted by molar-refractivity contribution is 7.80. The van der Waals surface area contributed by atoms with Gasteiger partial charge in [-0.1, -0.05) is 12.1 Å². The number of halogens is 1. The molecular formula is C18H18FN3O3S. The summed E-state index contributed by atoms with van der Waals surface area (Å²) in [5.74, 6) is 0.329. The predicted molar refractivity (Wildman–Crippen MR) is 102 cm³/mol. The van der Waals surface area contributed by atoms with Gasteiger partial charge in [0, 0.05) is 12.1 Å². The molecule has 0 saturated heterocycles. The summed E-state index contributed by atoms with van der Waals surface area (Å²) in [6, 6.07) is 11.3. The number of amides is 1. The van der Waals surface area contributed by atoms with Gasteiger partial charge >= 0.3 is 0 Å². The van der Waals surface area contributed by atoms with Crippen LogP contribution >= 0.6 is 12.2 Å². The van der Waals surface area contributed by atoms with Crippen LogP contribution in [0.25, 0.3) is 6.08 Å². The minimum Gasteiger partial charge on any atom is -0.497 e. The highest BCUT2D eigenvalue weighted by atomic mass is 32.1. The van der Waals surface area contributed by atoms with E-state index in [1.807, 2.05) is 0 Å². The Labute approximate surface area is 156 Å². The molecule has 0 atom stereocenters. The molecule has 0 saturated carbocycles. The fourth-order valence-electron chi connectivity index (χ4n) is 1.97. The van der Waals surface area contributed by atoms with Crippen molar-refractivity contribution in [1.29, 1.82) is 0 Å². The fourth-order valence-corrected chi connectivity index (χ4v) is 2.13. The third-order valence-electron chi connectivity index (χ3n) is 3.22. The van der Waals surface area contributed by atoms with Gasteiger partial charge in [-0.2, -0.15) is 0 Å². The number of carbonyl (C=O) groups excluding carboxylic acids is 1. The summed E-state index contributed by atoms with van der Waals surface area (Å²) in [5.41, 5.74) is 5.81. The summed E-state index contributed by atoms with van der Waals surface area (Å²) in [7, 11) is 3.09. The maximum atomic E-state index is 13.5. The zero-order valence-corrected chi connectivity index (χ0v) is 15.0. The predicted octanol–water partition coefficient (Wildman–Crippen LogP) is 2.87. The molecule has 0 aliphatic rings. The standard InChI is InChI=1S/C18H18FN3O3S/c1-24-13-9-12(10-14(11-13)25-2)7-8-17(23)21-22-18(26)20-16-6-4-3-5-15(16)19/h3-11H,1-2H3,(H,21,23)(H2,20,22,26)/b8-7+. The molecule has 6 nitrogen and oxygen atoms in total. The van der Waals surface area contributed by atoms with Crippen molar-refractivity contribution in [2.24, 2.45) is 0 Å². The molecule has 0 spiro atoms. The van der Waals surface area contributed by atoms with Gasteiger partial charge in [0.25, 0.3) is 5.91 Å². The molecule has 0 aromatic heterocycles. The van der Waals surface area contributed by atoms with Crippen molar-refractivity contribution in [1.82, 2.24) is 10.9 Å². The third-order valence-corrected chi connectivity index (χ3v) is 3.43. The Morgan fingerprint density at radius 1 is 1.08 bits per heavy atom. The summed E-state index contributed by atoms with van der Waals surface area (Å²) in [6.07, 6.45) is 2.91. The second-order valence-corrected chi connectivity index (χ2v) is 5.44. The zero-order valence-electron chi connectivity index (χ0n) is 14.2. The number of methoxy groups -OCH3 is 2. The molecule has 0 bridgehead atoms. The Bertz CT molecular complexity index is 805. The minimum absolute atomic E-state index is 0.0555.